The third-order valence-corrected chi connectivity index (χ3v) is 2.64. The molecule has 1 aromatic carbocycles. The Morgan fingerprint density at radius 1 is 1.38 bits per heavy atom. The molecule has 0 fully saturated rings. The number of nitrogens with one attached hydrogen (secondary N) is 1. The van der Waals surface area contributed by atoms with Crippen LogP contribution >= 0.6 is 0 Å². The second-order valence-electron chi connectivity index (χ2n) is 5.52. The van der Waals surface area contributed by atoms with Crippen LogP contribution in [0.4, 0.5) is 5.69 Å². The van der Waals surface area contributed by atoms with Crippen LogP contribution in [0.25, 0.3) is 0 Å². The summed E-state index contributed by atoms with van der Waals surface area (Å²) in [7, 11) is 1.27. The maximum absolute atomic E-state index is 11.1. The molecule has 0 unspecified atom stereocenters. The summed E-state index contributed by atoms with van der Waals surface area (Å²) >= 11 is 0. The standard InChI is InChI=1S/C14H20N2O5/c1-14(2,3)15-8-10-7-11(16(18)19)5-6-12(10)21-9-13(17)20-4/h5-7,15H,8-9H2,1-4H3. The number of carbonyl (C=O) groups excluding carboxylic acids is 1. The van der Waals surface area contributed by atoms with E-state index < -0.39 is 10.9 Å². The van der Waals surface area contributed by atoms with E-state index in [1.807, 2.05) is 20.8 Å². The van der Waals surface area contributed by atoms with Gasteiger partial charge in [-0.2, -0.15) is 0 Å². The van der Waals surface area contributed by atoms with Crippen molar-refractivity contribution in [3.05, 3.63) is 33.9 Å². The van der Waals surface area contributed by atoms with Crippen LogP contribution in [0.5, 0.6) is 5.75 Å². The highest BCUT2D eigenvalue weighted by Gasteiger charge is 2.15. The number of nitro groups is 1. The van der Waals surface area contributed by atoms with E-state index in [4.69, 9.17) is 4.74 Å². The van der Waals surface area contributed by atoms with Gasteiger partial charge < -0.3 is 14.8 Å². The zero-order valence-electron chi connectivity index (χ0n) is 12.6. The van der Waals surface area contributed by atoms with E-state index in [1.54, 1.807) is 0 Å². The first-order valence-electron chi connectivity index (χ1n) is 6.45. The summed E-state index contributed by atoms with van der Waals surface area (Å²) in [4.78, 5) is 21.5. The normalized spacial score (nSPS) is 11.0. The molecule has 1 aromatic rings. The maximum atomic E-state index is 11.1. The quantitative estimate of drug-likeness (QED) is 0.491. The molecule has 0 aliphatic carbocycles. The lowest BCUT2D eigenvalue weighted by atomic mass is 10.1. The highest BCUT2D eigenvalue weighted by atomic mass is 16.6. The third kappa shape index (κ3) is 5.78. The number of benzene rings is 1. The van der Waals surface area contributed by atoms with Gasteiger partial charge in [-0.25, -0.2) is 4.79 Å². The first kappa shape index (κ1) is 16.9. The molecule has 0 atom stereocenters. The van der Waals surface area contributed by atoms with Gasteiger partial charge in [-0.15, -0.1) is 0 Å². The topological polar surface area (TPSA) is 90.7 Å². The zero-order valence-corrected chi connectivity index (χ0v) is 12.6. The smallest absolute Gasteiger partial charge is 0.343 e. The Labute approximate surface area is 123 Å². The fraction of sp³-hybridized carbons (Fsp3) is 0.500. The van der Waals surface area contributed by atoms with Gasteiger partial charge >= 0.3 is 5.97 Å². The number of esters is 1. The predicted molar refractivity (Wildman–Crippen MR) is 77.2 cm³/mol. The summed E-state index contributed by atoms with van der Waals surface area (Å²) in [5, 5.41) is 14.1. The summed E-state index contributed by atoms with van der Waals surface area (Å²) in [6, 6.07) is 4.26. The molecule has 0 radical (unpaired) electrons. The second-order valence-corrected chi connectivity index (χ2v) is 5.52. The average molecular weight is 296 g/mol. The summed E-state index contributed by atoms with van der Waals surface area (Å²) in [5.74, 6) is -0.0918. The fourth-order valence-corrected chi connectivity index (χ4v) is 1.51. The van der Waals surface area contributed by atoms with Gasteiger partial charge in [-0.1, -0.05) is 0 Å². The average Bonchev–Trinajstić information content (AvgIpc) is 2.41. The molecule has 0 spiro atoms. The van der Waals surface area contributed by atoms with Crippen LogP contribution in [0, 0.1) is 10.1 Å². The van der Waals surface area contributed by atoms with Gasteiger partial charge in [0.2, 0.25) is 0 Å². The molecule has 1 N–H and O–H groups in total. The van der Waals surface area contributed by atoms with Gasteiger partial charge in [0.05, 0.1) is 12.0 Å². The summed E-state index contributed by atoms with van der Waals surface area (Å²) in [6.07, 6.45) is 0. The molecule has 0 aromatic heterocycles. The highest BCUT2D eigenvalue weighted by Crippen LogP contribution is 2.24. The maximum Gasteiger partial charge on any atom is 0.343 e. The van der Waals surface area contributed by atoms with Crippen LogP contribution in [0.1, 0.15) is 26.3 Å². The Morgan fingerprint density at radius 3 is 2.57 bits per heavy atom. The Bertz CT molecular complexity index is 523. The second kappa shape index (κ2) is 7.03. The minimum atomic E-state index is -0.511. The molecule has 0 saturated heterocycles. The zero-order chi connectivity index (χ0) is 16.0. The van der Waals surface area contributed by atoms with E-state index in [9.17, 15) is 14.9 Å². The van der Waals surface area contributed by atoms with E-state index in [-0.39, 0.29) is 17.8 Å². The van der Waals surface area contributed by atoms with Crippen molar-refractivity contribution in [2.75, 3.05) is 13.7 Å². The fourth-order valence-electron chi connectivity index (χ4n) is 1.51. The molecule has 0 aliphatic rings. The molecule has 0 aliphatic heterocycles. The van der Waals surface area contributed by atoms with Gasteiger partial charge in [0.1, 0.15) is 5.75 Å². The van der Waals surface area contributed by atoms with E-state index in [1.165, 1.54) is 25.3 Å². The summed E-state index contributed by atoms with van der Waals surface area (Å²) < 4.78 is 9.85. The first-order valence-corrected chi connectivity index (χ1v) is 6.45. The Balaban J connectivity index is 2.94. The van der Waals surface area contributed by atoms with Gasteiger partial charge in [0.25, 0.3) is 5.69 Å². The van der Waals surface area contributed by atoms with Gasteiger partial charge in [0.15, 0.2) is 6.61 Å². The van der Waals surface area contributed by atoms with Crippen molar-refractivity contribution in [1.82, 2.24) is 5.32 Å². The molecular weight excluding hydrogens is 276 g/mol. The highest BCUT2D eigenvalue weighted by molar-refractivity contribution is 5.71. The third-order valence-electron chi connectivity index (χ3n) is 2.64. The van der Waals surface area contributed by atoms with Crippen LogP contribution in [0.3, 0.4) is 0 Å². The van der Waals surface area contributed by atoms with Crippen LogP contribution in [0.15, 0.2) is 18.2 Å². The number of hydrogen-bond acceptors (Lipinski definition) is 6. The molecule has 0 amide bonds. The Hall–Kier alpha value is -2.15. The van der Waals surface area contributed by atoms with Crippen molar-refractivity contribution in [1.29, 1.82) is 0 Å². The van der Waals surface area contributed by atoms with Gasteiger partial charge in [-0.3, -0.25) is 10.1 Å². The van der Waals surface area contributed by atoms with Crippen LogP contribution in [0.2, 0.25) is 0 Å². The van der Waals surface area contributed by atoms with Crippen LogP contribution in [-0.2, 0) is 16.1 Å². The van der Waals surface area contributed by atoms with Crippen molar-refractivity contribution in [2.24, 2.45) is 0 Å². The SMILES string of the molecule is COC(=O)COc1ccc([N+](=O)[O-])cc1CNC(C)(C)C. The number of non-ortho nitro benzene ring substituents is 1. The molecule has 0 saturated carbocycles. The van der Waals surface area contributed by atoms with E-state index in [0.717, 1.165) is 0 Å². The first-order chi connectivity index (χ1) is 9.73. The minimum Gasteiger partial charge on any atom is -0.482 e. The lowest BCUT2D eigenvalue weighted by molar-refractivity contribution is -0.384. The van der Waals surface area contributed by atoms with Crippen LogP contribution in [-0.4, -0.2) is 30.1 Å². The van der Waals surface area contributed by atoms with Crippen molar-refractivity contribution < 1.29 is 19.2 Å². The minimum absolute atomic E-state index is 0.0221. The van der Waals surface area contributed by atoms with Crippen molar-refractivity contribution in [3.63, 3.8) is 0 Å². The molecular formula is C14H20N2O5. The lowest BCUT2D eigenvalue weighted by Crippen LogP contribution is -2.35. The molecule has 0 bridgehead atoms. The molecule has 7 heteroatoms. The van der Waals surface area contributed by atoms with E-state index >= 15 is 0 Å². The largest absolute Gasteiger partial charge is 0.482 e. The molecule has 21 heavy (non-hydrogen) atoms. The number of hydrogen-bond donors (Lipinski definition) is 1. The van der Waals surface area contributed by atoms with Crippen molar-refractivity contribution >= 4 is 11.7 Å². The van der Waals surface area contributed by atoms with Crippen LogP contribution < -0.4 is 10.1 Å². The number of methoxy groups -OCH3 is 1. The van der Waals surface area contributed by atoms with E-state index in [0.29, 0.717) is 17.9 Å². The van der Waals surface area contributed by atoms with Gasteiger partial charge in [0, 0.05) is 29.8 Å². The van der Waals surface area contributed by atoms with Gasteiger partial charge in [-0.05, 0) is 26.8 Å². The lowest BCUT2D eigenvalue weighted by Gasteiger charge is -2.21. The van der Waals surface area contributed by atoms with Crippen molar-refractivity contribution in [3.8, 4) is 5.75 Å². The Morgan fingerprint density at radius 2 is 2.05 bits per heavy atom. The molecule has 7 nitrogen and oxygen atoms in total. The molecule has 0 heterocycles. The summed E-state index contributed by atoms with van der Waals surface area (Å²) in [5.41, 5.74) is 0.443. The molecule has 116 valence electrons. The number of ether oxygens (including phenoxy) is 2. The number of nitro benzene ring substituents is 1. The van der Waals surface area contributed by atoms with Crippen molar-refractivity contribution in [2.45, 2.75) is 32.9 Å². The monoisotopic (exact) mass is 296 g/mol. The summed E-state index contributed by atoms with van der Waals surface area (Å²) in [6.45, 7) is 6.11. The number of nitrogens with zero attached hydrogens (tertiary/aromatic N) is 1. The molecule has 1 rings (SSSR count). The van der Waals surface area contributed by atoms with E-state index in [2.05, 4.69) is 10.1 Å². The number of carbonyl (C=O) groups is 1. The Kier molecular flexibility index (Phi) is 5.66. The predicted octanol–water partition coefficient (Wildman–Crippen LogP) is 2.03. The number of rotatable bonds is 6.